The summed E-state index contributed by atoms with van der Waals surface area (Å²) in [7, 11) is 0. The Hall–Kier alpha value is -1.36. The Kier molecular flexibility index (Phi) is 3.56. The van der Waals surface area contributed by atoms with Crippen molar-refractivity contribution in [2.45, 2.75) is 32.4 Å². The Morgan fingerprint density at radius 3 is 3.19 bits per heavy atom. The van der Waals surface area contributed by atoms with Crippen molar-refractivity contribution >= 4 is 5.69 Å². The topological polar surface area (TPSA) is 56.1 Å². The average molecular weight is 223 g/mol. The van der Waals surface area contributed by atoms with Gasteiger partial charge in [0.1, 0.15) is 0 Å². The van der Waals surface area contributed by atoms with Crippen molar-refractivity contribution in [3.8, 4) is 0 Å². The fraction of sp³-hybridized carbons (Fsp3) is 0.636. The molecule has 1 N–H and O–H groups in total. The standard InChI is InChI=1S/C11H17N3O2/c1-2-12-9-6-11(15)14(13-7-9)8-10-4-3-5-16-10/h6-7,10,12H,2-5,8H2,1H3. The van der Waals surface area contributed by atoms with Gasteiger partial charge in [0.15, 0.2) is 0 Å². The number of hydrogen-bond donors (Lipinski definition) is 1. The summed E-state index contributed by atoms with van der Waals surface area (Å²) in [6.45, 7) is 4.13. The van der Waals surface area contributed by atoms with Crippen LogP contribution in [0.25, 0.3) is 0 Å². The van der Waals surface area contributed by atoms with Gasteiger partial charge < -0.3 is 10.1 Å². The lowest BCUT2D eigenvalue weighted by Gasteiger charge is -2.11. The molecule has 2 heterocycles. The number of anilines is 1. The van der Waals surface area contributed by atoms with Crippen LogP contribution in [0.2, 0.25) is 0 Å². The first-order valence-electron chi connectivity index (χ1n) is 5.72. The first-order valence-corrected chi connectivity index (χ1v) is 5.72. The molecule has 2 rings (SSSR count). The number of hydrogen-bond acceptors (Lipinski definition) is 4. The number of rotatable bonds is 4. The lowest BCUT2D eigenvalue weighted by molar-refractivity contribution is 0.0927. The SMILES string of the molecule is CCNc1cnn(CC2CCCO2)c(=O)c1. The van der Waals surface area contributed by atoms with Gasteiger partial charge in [0.25, 0.3) is 5.56 Å². The highest BCUT2D eigenvalue weighted by atomic mass is 16.5. The first-order chi connectivity index (χ1) is 7.79. The van der Waals surface area contributed by atoms with Crippen molar-refractivity contribution in [3.63, 3.8) is 0 Å². The van der Waals surface area contributed by atoms with Gasteiger partial charge in [-0.25, -0.2) is 4.68 Å². The molecule has 0 spiro atoms. The van der Waals surface area contributed by atoms with Crippen LogP contribution in [0.4, 0.5) is 5.69 Å². The second-order valence-corrected chi connectivity index (χ2v) is 3.93. The number of nitrogens with one attached hydrogen (secondary N) is 1. The lowest BCUT2D eigenvalue weighted by atomic mass is 10.2. The molecule has 0 aliphatic carbocycles. The van der Waals surface area contributed by atoms with Crippen LogP contribution >= 0.6 is 0 Å². The van der Waals surface area contributed by atoms with Gasteiger partial charge in [0.2, 0.25) is 0 Å². The molecular weight excluding hydrogens is 206 g/mol. The molecule has 1 atom stereocenters. The maximum Gasteiger partial charge on any atom is 0.268 e. The number of nitrogens with zero attached hydrogens (tertiary/aromatic N) is 2. The number of ether oxygens (including phenoxy) is 1. The minimum atomic E-state index is -0.0750. The summed E-state index contributed by atoms with van der Waals surface area (Å²) in [4.78, 5) is 11.7. The minimum Gasteiger partial charge on any atom is -0.384 e. The quantitative estimate of drug-likeness (QED) is 0.822. The van der Waals surface area contributed by atoms with E-state index in [2.05, 4.69) is 10.4 Å². The molecule has 1 unspecified atom stereocenters. The van der Waals surface area contributed by atoms with Gasteiger partial charge in [-0.1, -0.05) is 0 Å². The molecule has 1 aliphatic rings. The van der Waals surface area contributed by atoms with E-state index in [1.54, 1.807) is 12.3 Å². The van der Waals surface area contributed by atoms with Gasteiger partial charge in [-0.3, -0.25) is 4.79 Å². The summed E-state index contributed by atoms with van der Waals surface area (Å²) in [5.41, 5.74) is 0.699. The molecular formula is C11H17N3O2. The van der Waals surface area contributed by atoms with Gasteiger partial charge in [-0.2, -0.15) is 5.10 Å². The molecule has 5 heteroatoms. The zero-order chi connectivity index (χ0) is 11.4. The van der Waals surface area contributed by atoms with Gasteiger partial charge >= 0.3 is 0 Å². The molecule has 1 fully saturated rings. The van der Waals surface area contributed by atoms with E-state index in [0.29, 0.717) is 6.54 Å². The third kappa shape index (κ3) is 2.61. The summed E-state index contributed by atoms with van der Waals surface area (Å²) >= 11 is 0. The van der Waals surface area contributed by atoms with Gasteiger partial charge in [0.05, 0.1) is 24.5 Å². The van der Waals surface area contributed by atoms with Crippen molar-refractivity contribution < 1.29 is 4.74 Å². The molecule has 0 saturated carbocycles. The third-order valence-corrected chi connectivity index (χ3v) is 2.65. The van der Waals surface area contributed by atoms with Crippen molar-refractivity contribution in [1.82, 2.24) is 9.78 Å². The maximum atomic E-state index is 11.7. The van der Waals surface area contributed by atoms with E-state index in [4.69, 9.17) is 4.74 Å². The average Bonchev–Trinajstić information content (AvgIpc) is 2.75. The van der Waals surface area contributed by atoms with Crippen LogP contribution in [-0.4, -0.2) is 29.0 Å². The molecule has 0 bridgehead atoms. The molecule has 1 aliphatic heterocycles. The number of aromatic nitrogens is 2. The molecule has 1 saturated heterocycles. The van der Waals surface area contributed by atoms with Crippen molar-refractivity contribution in [2.75, 3.05) is 18.5 Å². The normalized spacial score (nSPS) is 19.9. The smallest absolute Gasteiger partial charge is 0.268 e. The van der Waals surface area contributed by atoms with Crippen LogP contribution in [0.5, 0.6) is 0 Å². The zero-order valence-electron chi connectivity index (χ0n) is 9.48. The molecule has 16 heavy (non-hydrogen) atoms. The van der Waals surface area contributed by atoms with Crippen LogP contribution in [0.15, 0.2) is 17.1 Å². The molecule has 0 radical (unpaired) electrons. The van der Waals surface area contributed by atoms with Crippen LogP contribution in [0.1, 0.15) is 19.8 Å². The minimum absolute atomic E-state index is 0.0750. The second kappa shape index (κ2) is 5.12. The Bertz CT molecular complexity index is 396. The predicted octanol–water partition coefficient (Wildman–Crippen LogP) is 0.854. The molecule has 0 amide bonds. The van der Waals surface area contributed by atoms with Crippen LogP contribution in [-0.2, 0) is 11.3 Å². The molecule has 88 valence electrons. The van der Waals surface area contributed by atoms with E-state index < -0.39 is 0 Å². The second-order valence-electron chi connectivity index (χ2n) is 3.93. The summed E-state index contributed by atoms with van der Waals surface area (Å²) in [6, 6.07) is 1.57. The fourth-order valence-electron chi connectivity index (χ4n) is 1.85. The summed E-state index contributed by atoms with van der Waals surface area (Å²) in [5, 5.41) is 7.18. The highest BCUT2D eigenvalue weighted by Gasteiger charge is 2.16. The molecule has 0 aromatic carbocycles. The van der Waals surface area contributed by atoms with E-state index in [9.17, 15) is 4.79 Å². The summed E-state index contributed by atoms with van der Waals surface area (Å²) in [6.07, 6.45) is 3.92. The van der Waals surface area contributed by atoms with E-state index in [1.807, 2.05) is 6.92 Å². The Morgan fingerprint density at radius 1 is 1.69 bits per heavy atom. The fourth-order valence-corrected chi connectivity index (χ4v) is 1.85. The van der Waals surface area contributed by atoms with E-state index in [0.717, 1.165) is 31.7 Å². The highest BCUT2D eigenvalue weighted by Crippen LogP contribution is 2.12. The van der Waals surface area contributed by atoms with Crippen molar-refractivity contribution in [1.29, 1.82) is 0 Å². The van der Waals surface area contributed by atoms with Gasteiger partial charge in [-0.15, -0.1) is 0 Å². The van der Waals surface area contributed by atoms with Crippen molar-refractivity contribution in [3.05, 3.63) is 22.6 Å². The maximum absolute atomic E-state index is 11.7. The van der Waals surface area contributed by atoms with Crippen LogP contribution in [0.3, 0.4) is 0 Å². The zero-order valence-corrected chi connectivity index (χ0v) is 9.48. The summed E-state index contributed by atoms with van der Waals surface area (Å²) < 4.78 is 6.94. The van der Waals surface area contributed by atoms with Gasteiger partial charge in [-0.05, 0) is 19.8 Å². The Labute approximate surface area is 94.4 Å². The largest absolute Gasteiger partial charge is 0.384 e. The molecule has 1 aromatic rings. The Balaban J connectivity index is 2.06. The van der Waals surface area contributed by atoms with E-state index in [-0.39, 0.29) is 11.7 Å². The molecule has 5 nitrogen and oxygen atoms in total. The highest BCUT2D eigenvalue weighted by molar-refractivity contribution is 5.38. The van der Waals surface area contributed by atoms with Crippen LogP contribution in [0, 0.1) is 0 Å². The van der Waals surface area contributed by atoms with Gasteiger partial charge in [0, 0.05) is 19.2 Å². The monoisotopic (exact) mass is 223 g/mol. The first kappa shape index (κ1) is 11.1. The molecule has 1 aromatic heterocycles. The van der Waals surface area contributed by atoms with E-state index in [1.165, 1.54) is 4.68 Å². The van der Waals surface area contributed by atoms with E-state index >= 15 is 0 Å². The summed E-state index contributed by atoms with van der Waals surface area (Å²) in [5.74, 6) is 0. The van der Waals surface area contributed by atoms with Crippen molar-refractivity contribution in [2.24, 2.45) is 0 Å². The lowest BCUT2D eigenvalue weighted by Crippen LogP contribution is -2.28. The van der Waals surface area contributed by atoms with Crippen LogP contribution < -0.4 is 10.9 Å². The Morgan fingerprint density at radius 2 is 2.56 bits per heavy atom. The third-order valence-electron chi connectivity index (χ3n) is 2.65. The predicted molar refractivity (Wildman–Crippen MR) is 61.6 cm³/mol.